The van der Waals surface area contributed by atoms with Crippen LogP contribution in [0.15, 0.2) is 51.8 Å². The molecule has 3 heterocycles. The number of rotatable bonds is 4. The summed E-state index contributed by atoms with van der Waals surface area (Å²) in [5, 5.41) is 15.5. The summed E-state index contributed by atoms with van der Waals surface area (Å²) in [6.45, 7) is 1.83. The molecule has 0 atom stereocenters. The van der Waals surface area contributed by atoms with Crippen molar-refractivity contribution >= 4 is 17.2 Å². The molecule has 3 aromatic heterocycles. The third-order valence-electron chi connectivity index (χ3n) is 4.30. The Bertz CT molecular complexity index is 1250. The number of aromatic nitrogens is 3. The molecule has 0 aliphatic rings. The second-order valence-electron chi connectivity index (χ2n) is 6.24. The zero-order valence-electron chi connectivity index (χ0n) is 15.1. The first kappa shape index (κ1) is 18.2. The molecular formula is C20H16ClN3O4. The zero-order valence-corrected chi connectivity index (χ0v) is 15.9. The van der Waals surface area contributed by atoms with Gasteiger partial charge in [0.25, 0.3) is 0 Å². The molecule has 28 heavy (non-hydrogen) atoms. The second-order valence-corrected chi connectivity index (χ2v) is 6.67. The lowest BCUT2D eigenvalue weighted by atomic mass is 10.1. The Morgan fingerprint density at radius 3 is 2.79 bits per heavy atom. The van der Waals surface area contributed by atoms with E-state index in [0.29, 0.717) is 27.8 Å². The van der Waals surface area contributed by atoms with Gasteiger partial charge in [-0.1, -0.05) is 23.7 Å². The lowest BCUT2D eigenvalue weighted by Crippen LogP contribution is -2.08. The molecule has 4 aromatic rings. The molecule has 0 aliphatic heterocycles. The van der Waals surface area contributed by atoms with Crippen molar-refractivity contribution < 1.29 is 14.3 Å². The molecular weight excluding hydrogens is 382 g/mol. The molecule has 0 bridgehead atoms. The minimum Gasteiger partial charge on any atom is -0.507 e. The fraction of sp³-hybridized carbons (Fsp3) is 0.150. The molecule has 0 unspecified atom stereocenters. The van der Waals surface area contributed by atoms with E-state index in [1.165, 1.54) is 10.6 Å². The van der Waals surface area contributed by atoms with E-state index in [2.05, 4.69) is 10.1 Å². The number of nitrogens with zero attached hydrogens (tertiary/aromatic N) is 3. The van der Waals surface area contributed by atoms with Crippen LogP contribution in [0.4, 0.5) is 0 Å². The van der Waals surface area contributed by atoms with E-state index < -0.39 is 5.63 Å². The molecule has 0 amide bonds. The Kier molecular flexibility index (Phi) is 4.62. The maximum Gasteiger partial charge on any atom is 0.349 e. The van der Waals surface area contributed by atoms with Gasteiger partial charge in [-0.2, -0.15) is 5.10 Å². The van der Waals surface area contributed by atoms with E-state index in [4.69, 9.17) is 20.8 Å². The summed E-state index contributed by atoms with van der Waals surface area (Å²) in [6, 6.07) is 10.3. The topological polar surface area (TPSA) is 89.9 Å². The van der Waals surface area contributed by atoms with E-state index >= 15 is 0 Å². The van der Waals surface area contributed by atoms with Crippen molar-refractivity contribution in [2.45, 2.75) is 13.5 Å². The SMILES string of the molecule is COCc1nn2c(-c3c(O)cc(C)oc3=O)ccnc2c1-c1cccc(Cl)c1. The first-order valence-corrected chi connectivity index (χ1v) is 8.83. The van der Waals surface area contributed by atoms with Crippen LogP contribution in [0.1, 0.15) is 11.5 Å². The van der Waals surface area contributed by atoms with Crippen LogP contribution in [0.5, 0.6) is 5.75 Å². The van der Waals surface area contributed by atoms with Crippen LogP contribution in [0, 0.1) is 6.92 Å². The van der Waals surface area contributed by atoms with Crippen LogP contribution in [0.25, 0.3) is 28.0 Å². The highest BCUT2D eigenvalue weighted by Gasteiger charge is 2.21. The van der Waals surface area contributed by atoms with Gasteiger partial charge in [0.1, 0.15) is 17.1 Å². The minimum absolute atomic E-state index is 0.0158. The molecule has 0 radical (unpaired) electrons. The van der Waals surface area contributed by atoms with Crippen LogP contribution in [0.3, 0.4) is 0 Å². The number of ether oxygens (including phenoxy) is 1. The van der Waals surface area contributed by atoms with Gasteiger partial charge in [-0.05, 0) is 30.7 Å². The van der Waals surface area contributed by atoms with Gasteiger partial charge in [-0.3, -0.25) is 0 Å². The summed E-state index contributed by atoms with van der Waals surface area (Å²) in [7, 11) is 1.57. The monoisotopic (exact) mass is 397 g/mol. The van der Waals surface area contributed by atoms with Crippen LogP contribution >= 0.6 is 11.6 Å². The number of halogens is 1. The average molecular weight is 398 g/mol. The third-order valence-corrected chi connectivity index (χ3v) is 4.53. The fourth-order valence-electron chi connectivity index (χ4n) is 3.19. The number of hydrogen-bond donors (Lipinski definition) is 1. The normalized spacial score (nSPS) is 11.2. The van der Waals surface area contributed by atoms with Gasteiger partial charge in [0, 0.05) is 24.4 Å². The van der Waals surface area contributed by atoms with E-state index in [1.807, 2.05) is 18.2 Å². The summed E-state index contributed by atoms with van der Waals surface area (Å²) in [5.74, 6) is 0.131. The fourth-order valence-corrected chi connectivity index (χ4v) is 3.38. The third kappa shape index (κ3) is 3.04. The highest BCUT2D eigenvalue weighted by atomic mass is 35.5. The highest BCUT2D eigenvalue weighted by Crippen LogP contribution is 2.33. The Morgan fingerprint density at radius 2 is 2.07 bits per heavy atom. The average Bonchev–Trinajstić information content (AvgIpc) is 3.00. The van der Waals surface area contributed by atoms with Gasteiger partial charge in [0.2, 0.25) is 0 Å². The lowest BCUT2D eigenvalue weighted by Gasteiger charge is -2.06. The molecule has 8 heteroatoms. The Morgan fingerprint density at radius 1 is 1.25 bits per heavy atom. The van der Waals surface area contributed by atoms with E-state index in [0.717, 1.165) is 11.1 Å². The first-order valence-electron chi connectivity index (χ1n) is 8.45. The van der Waals surface area contributed by atoms with Gasteiger partial charge in [-0.25, -0.2) is 14.3 Å². The number of benzene rings is 1. The minimum atomic E-state index is -0.655. The maximum absolute atomic E-state index is 12.4. The largest absolute Gasteiger partial charge is 0.507 e. The molecule has 142 valence electrons. The molecule has 1 aromatic carbocycles. The lowest BCUT2D eigenvalue weighted by molar-refractivity contribution is 0.181. The number of methoxy groups -OCH3 is 1. The van der Waals surface area contributed by atoms with Gasteiger partial charge in [0.05, 0.1) is 23.6 Å². The predicted molar refractivity (Wildman–Crippen MR) is 105 cm³/mol. The van der Waals surface area contributed by atoms with Gasteiger partial charge >= 0.3 is 5.63 Å². The molecule has 0 fully saturated rings. The van der Waals surface area contributed by atoms with Crippen molar-refractivity contribution in [3.05, 3.63) is 69.5 Å². The van der Waals surface area contributed by atoms with Gasteiger partial charge < -0.3 is 14.3 Å². The summed E-state index contributed by atoms with van der Waals surface area (Å²) >= 11 is 6.16. The molecule has 7 nitrogen and oxygen atoms in total. The van der Waals surface area contributed by atoms with E-state index in [-0.39, 0.29) is 17.9 Å². The Labute approximate surface area is 164 Å². The highest BCUT2D eigenvalue weighted by molar-refractivity contribution is 6.30. The predicted octanol–water partition coefficient (Wildman–Crippen LogP) is 3.83. The van der Waals surface area contributed by atoms with Crippen LogP contribution in [-0.4, -0.2) is 26.8 Å². The van der Waals surface area contributed by atoms with Crippen LogP contribution in [0.2, 0.25) is 5.02 Å². The standard InChI is InChI=1S/C20H16ClN3O4/c1-11-8-16(25)18(20(26)28-11)15-6-7-22-19-17(12-4-3-5-13(21)9-12)14(10-27-2)23-24(15)19/h3-9,25H,10H2,1-2H3. The van der Waals surface area contributed by atoms with E-state index in [9.17, 15) is 9.90 Å². The number of aromatic hydroxyl groups is 1. The van der Waals surface area contributed by atoms with E-state index in [1.54, 1.807) is 32.4 Å². The van der Waals surface area contributed by atoms with Crippen molar-refractivity contribution in [1.82, 2.24) is 14.6 Å². The molecule has 1 N–H and O–H groups in total. The summed E-state index contributed by atoms with van der Waals surface area (Å²) < 4.78 is 12.0. The summed E-state index contributed by atoms with van der Waals surface area (Å²) in [6.07, 6.45) is 1.55. The zero-order chi connectivity index (χ0) is 19.8. The van der Waals surface area contributed by atoms with Crippen molar-refractivity contribution in [3.63, 3.8) is 0 Å². The molecule has 0 saturated heterocycles. The second kappa shape index (κ2) is 7.10. The van der Waals surface area contributed by atoms with Crippen molar-refractivity contribution in [1.29, 1.82) is 0 Å². The molecule has 0 aliphatic carbocycles. The first-order chi connectivity index (χ1) is 13.5. The van der Waals surface area contributed by atoms with Crippen LogP contribution < -0.4 is 5.63 Å². The van der Waals surface area contributed by atoms with Gasteiger partial charge in [0.15, 0.2) is 5.65 Å². The molecule has 0 saturated carbocycles. The Hall–Kier alpha value is -3.16. The van der Waals surface area contributed by atoms with Gasteiger partial charge in [-0.15, -0.1) is 0 Å². The summed E-state index contributed by atoms with van der Waals surface area (Å²) in [4.78, 5) is 16.8. The molecule has 4 rings (SSSR count). The van der Waals surface area contributed by atoms with Crippen molar-refractivity contribution in [2.75, 3.05) is 7.11 Å². The Balaban J connectivity index is 2.05. The van der Waals surface area contributed by atoms with Crippen molar-refractivity contribution in [3.8, 4) is 28.1 Å². The number of aryl methyl sites for hydroxylation is 1. The summed E-state index contributed by atoms with van der Waals surface area (Å²) in [5.41, 5.74) is 2.41. The van der Waals surface area contributed by atoms with Crippen LogP contribution in [-0.2, 0) is 11.3 Å². The number of hydrogen-bond acceptors (Lipinski definition) is 6. The smallest absolute Gasteiger partial charge is 0.349 e. The van der Waals surface area contributed by atoms with Crippen molar-refractivity contribution in [2.24, 2.45) is 0 Å². The maximum atomic E-state index is 12.4. The molecule has 0 spiro atoms. The quantitative estimate of drug-likeness (QED) is 0.563. The number of fused-ring (bicyclic) bond motifs is 1.